The van der Waals surface area contributed by atoms with Crippen molar-refractivity contribution >= 4 is 11.7 Å². The van der Waals surface area contributed by atoms with Crippen LogP contribution in [0, 0.1) is 5.92 Å². The minimum Gasteiger partial charge on any atom is -0.486 e. The Morgan fingerprint density at radius 3 is 2.83 bits per heavy atom. The van der Waals surface area contributed by atoms with Crippen LogP contribution in [0.15, 0.2) is 18.2 Å². The summed E-state index contributed by atoms with van der Waals surface area (Å²) in [6, 6.07) is 5.63. The van der Waals surface area contributed by atoms with E-state index in [1.165, 1.54) is 7.11 Å². The molecule has 0 saturated heterocycles. The van der Waals surface area contributed by atoms with E-state index < -0.39 is 0 Å². The highest BCUT2D eigenvalue weighted by Crippen LogP contribution is 2.32. The van der Waals surface area contributed by atoms with Gasteiger partial charge in [-0.05, 0) is 12.1 Å². The minimum atomic E-state index is -0.222. The van der Waals surface area contributed by atoms with Crippen molar-refractivity contribution in [2.45, 2.75) is 6.92 Å². The third kappa shape index (κ3) is 2.85. The van der Waals surface area contributed by atoms with Crippen molar-refractivity contribution < 1.29 is 19.0 Å². The number of methoxy groups -OCH3 is 1. The van der Waals surface area contributed by atoms with E-state index in [2.05, 4.69) is 10.1 Å². The fourth-order valence-electron chi connectivity index (χ4n) is 1.71. The summed E-state index contributed by atoms with van der Waals surface area (Å²) in [5.41, 5.74) is 0.898. The Hall–Kier alpha value is -1.91. The lowest BCUT2D eigenvalue weighted by atomic mass is 10.2. The number of hydrogen-bond donors (Lipinski definition) is 1. The molecular weight excluding hydrogens is 234 g/mol. The Labute approximate surface area is 106 Å². The van der Waals surface area contributed by atoms with Crippen molar-refractivity contribution in [1.29, 1.82) is 0 Å². The molecule has 5 nitrogen and oxygen atoms in total. The van der Waals surface area contributed by atoms with Crippen LogP contribution in [-0.4, -0.2) is 32.8 Å². The van der Waals surface area contributed by atoms with Gasteiger partial charge in [-0.15, -0.1) is 0 Å². The summed E-state index contributed by atoms with van der Waals surface area (Å²) in [5, 5.41) is 3.17. The van der Waals surface area contributed by atoms with Crippen molar-refractivity contribution in [3.05, 3.63) is 18.2 Å². The van der Waals surface area contributed by atoms with Gasteiger partial charge in [-0.2, -0.15) is 0 Å². The molecule has 0 saturated carbocycles. The van der Waals surface area contributed by atoms with E-state index in [9.17, 15) is 4.79 Å². The largest absolute Gasteiger partial charge is 0.486 e. The van der Waals surface area contributed by atoms with E-state index in [1.807, 2.05) is 25.1 Å². The summed E-state index contributed by atoms with van der Waals surface area (Å²) in [4.78, 5) is 11.3. The van der Waals surface area contributed by atoms with Gasteiger partial charge in [0.15, 0.2) is 11.5 Å². The van der Waals surface area contributed by atoms with E-state index in [-0.39, 0.29) is 11.9 Å². The number of rotatable bonds is 4. The maximum absolute atomic E-state index is 11.3. The molecule has 98 valence electrons. The second-order valence-electron chi connectivity index (χ2n) is 4.16. The summed E-state index contributed by atoms with van der Waals surface area (Å²) in [7, 11) is 1.39. The number of carbonyl (C=O) groups is 1. The molecule has 1 aromatic carbocycles. The maximum Gasteiger partial charge on any atom is 0.310 e. The van der Waals surface area contributed by atoms with Gasteiger partial charge in [0.2, 0.25) is 0 Å². The molecule has 0 radical (unpaired) electrons. The summed E-state index contributed by atoms with van der Waals surface area (Å²) >= 11 is 0. The highest BCUT2D eigenvalue weighted by Gasteiger charge is 2.14. The zero-order chi connectivity index (χ0) is 13.0. The smallest absolute Gasteiger partial charge is 0.310 e. The first-order valence-electron chi connectivity index (χ1n) is 5.92. The van der Waals surface area contributed by atoms with Gasteiger partial charge in [0, 0.05) is 18.3 Å². The summed E-state index contributed by atoms with van der Waals surface area (Å²) in [6.45, 7) is 3.48. The number of benzene rings is 1. The number of ether oxygens (including phenoxy) is 3. The SMILES string of the molecule is COC(=O)[C@H](C)CNc1ccc2c(c1)OCCO2. The zero-order valence-corrected chi connectivity index (χ0v) is 10.6. The van der Waals surface area contributed by atoms with Gasteiger partial charge < -0.3 is 19.5 Å². The summed E-state index contributed by atoms with van der Waals surface area (Å²) in [6.07, 6.45) is 0. The van der Waals surface area contributed by atoms with Crippen LogP contribution >= 0.6 is 0 Å². The minimum absolute atomic E-state index is 0.191. The van der Waals surface area contributed by atoms with Crippen LogP contribution < -0.4 is 14.8 Å². The Morgan fingerprint density at radius 1 is 1.39 bits per heavy atom. The lowest BCUT2D eigenvalue weighted by molar-refractivity contribution is -0.144. The Kier molecular flexibility index (Phi) is 3.92. The first kappa shape index (κ1) is 12.5. The summed E-state index contributed by atoms with van der Waals surface area (Å²) in [5.74, 6) is 1.08. The van der Waals surface area contributed by atoms with Crippen molar-refractivity contribution in [1.82, 2.24) is 0 Å². The standard InChI is InChI=1S/C13H17NO4/c1-9(13(15)16-2)8-14-10-3-4-11-12(7-10)18-6-5-17-11/h3-4,7,9,14H,5-6,8H2,1-2H3/t9-/m1/s1. The van der Waals surface area contributed by atoms with Gasteiger partial charge >= 0.3 is 5.97 Å². The lowest BCUT2D eigenvalue weighted by Crippen LogP contribution is -2.21. The molecule has 1 aliphatic heterocycles. The number of carbonyl (C=O) groups excluding carboxylic acids is 1. The predicted molar refractivity (Wildman–Crippen MR) is 67.1 cm³/mol. The van der Waals surface area contributed by atoms with Crippen molar-refractivity contribution in [2.75, 3.05) is 32.2 Å². The van der Waals surface area contributed by atoms with Crippen LogP contribution in [0.25, 0.3) is 0 Å². The Morgan fingerprint density at radius 2 is 2.11 bits per heavy atom. The number of esters is 1. The average Bonchev–Trinajstić information content (AvgIpc) is 2.43. The molecule has 1 atom stereocenters. The molecule has 1 aromatic rings. The highest BCUT2D eigenvalue weighted by molar-refractivity contribution is 5.72. The van der Waals surface area contributed by atoms with E-state index in [0.717, 1.165) is 17.2 Å². The molecule has 0 fully saturated rings. The van der Waals surface area contributed by atoms with Gasteiger partial charge in [0.05, 0.1) is 13.0 Å². The predicted octanol–water partition coefficient (Wildman–Crippen LogP) is 1.68. The Balaban J connectivity index is 1.96. The number of nitrogens with one attached hydrogen (secondary N) is 1. The van der Waals surface area contributed by atoms with Gasteiger partial charge in [-0.3, -0.25) is 4.79 Å². The first-order chi connectivity index (χ1) is 8.70. The molecule has 1 aliphatic rings. The lowest BCUT2D eigenvalue weighted by Gasteiger charge is -2.19. The van der Waals surface area contributed by atoms with Gasteiger partial charge in [-0.1, -0.05) is 6.92 Å². The molecule has 18 heavy (non-hydrogen) atoms. The van der Waals surface area contributed by atoms with Crippen LogP contribution in [0.4, 0.5) is 5.69 Å². The normalized spacial score (nSPS) is 14.8. The Bertz CT molecular complexity index is 433. The van der Waals surface area contributed by atoms with Gasteiger partial charge in [0.1, 0.15) is 13.2 Å². The van der Waals surface area contributed by atoms with Gasteiger partial charge in [0.25, 0.3) is 0 Å². The molecule has 0 aromatic heterocycles. The third-order valence-electron chi connectivity index (χ3n) is 2.76. The van der Waals surface area contributed by atoms with E-state index >= 15 is 0 Å². The molecule has 0 spiro atoms. The van der Waals surface area contributed by atoms with Crippen LogP contribution in [0.2, 0.25) is 0 Å². The maximum atomic E-state index is 11.3. The van der Waals surface area contributed by atoms with E-state index in [0.29, 0.717) is 19.8 Å². The monoisotopic (exact) mass is 251 g/mol. The van der Waals surface area contributed by atoms with E-state index in [4.69, 9.17) is 9.47 Å². The van der Waals surface area contributed by atoms with Gasteiger partial charge in [-0.25, -0.2) is 0 Å². The number of anilines is 1. The zero-order valence-electron chi connectivity index (χ0n) is 10.6. The average molecular weight is 251 g/mol. The molecule has 0 unspecified atom stereocenters. The number of hydrogen-bond acceptors (Lipinski definition) is 5. The highest BCUT2D eigenvalue weighted by atomic mass is 16.6. The molecule has 1 N–H and O–H groups in total. The van der Waals surface area contributed by atoms with Crippen LogP contribution in [0.1, 0.15) is 6.92 Å². The van der Waals surface area contributed by atoms with Crippen molar-refractivity contribution in [3.63, 3.8) is 0 Å². The van der Waals surface area contributed by atoms with E-state index in [1.54, 1.807) is 0 Å². The van der Waals surface area contributed by atoms with Crippen molar-refractivity contribution in [2.24, 2.45) is 5.92 Å². The molecule has 0 aliphatic carbocycles. The molecular formula is C13H17NO4. The third-order valence-corrected chi connectivity index (χ3v) is 2.76. The molecule has 2 rings (SSSR count). The van der Waals surface area contributed by atoms with Crippen LogP contribution in [-0.2, 0) is 9.53 Å². The quantitative estimate of drug-likeness (QED) is 0.825. The summed E-state index contributed by atoms with van der Waals surface area (Å²) < 4.78 is 15.6. The second-order valence-corrected chi connectivity index (χ2v) is 4.16. The topological polar surface area (TPSA) is 56.8 Å². The fraction of sp³-hybridized carbons (Fsp3) is 0.462. The fourth-order valence-corrected chi connectivity index (χ4v) is 1.71. The van der Waals surface area contributed by atoms with Crippen molar-refractivity contribution in [3.8, 4) is 11.5 Å². The molecule has 5 heteroatoms. The second kappa shape index (κ2) is 5.62. The molecule has 0 amide bonds. The van der Waals surface area contributed by atoms with Crippen LogP contribution in [0.5, 0.6) is 11.5 Å². The first-order valence-corrected chi connectivity index (χ1v) is 5.92. The molecule has 0 bridgehead atoms. The van der Waals surface area contributed by atoms with Crippen LogP contribution in [0.3, 0.4) is 0 Å². The molecule has 1 heterocycles. The number of fused-ring (bicyclic) bond motifs is 1.